The van der Waals surface area contributed by atoms with Crippen LogP contribution in [0.4, 0.5) is 0 Å². The van der Waals surface area contributed by atoms with Gasteiger partial charge in [0, 0.05) is 7.05 Å². The Labute approximate surface area is 148 Å². The van der Waals surface area contributed by atoms with Gasteiger partial charge in [0.25, 0.3) is 0 Å². The van der Waals surface area contributed by atoms with Crippen LogP contribution in [-0.4, -0.2) is 34.5 Å². The molecule has 6 nitrogen and oxygen atoms in total. The van der Waals surface area contributed by atoms with Gasteiger partial charge in [-0.05, 0) is 36.6 Å². The Morgan fingerprint density at radius 2 is 1.84 bits per heavy atom. The molecule has 0 aliphatic carbocycles. The van der Waals surface area contributed by atoms with Crippen molar-refractivity contribution in [2.75, 3.05) is 14.2 Å². The summed E-state index contributed by atoms with van der Waals surface area (Å²) >= 11 is 0. The SMILES string of the molecule is CNC(=O)[C@H](Cc1ccccc1)NS(=O)(=O)c1cc(C)ccc1OC. The fourth-order valence-corrected chi connectivity index (χ4v) is 3.91. The molecule has 1 amide bonds. The van der Waals surface area contributed by atoms with Crippen molar-refractivity contribution in [3.63, 3.8) is 0 Å². The third kappa shape index (κ3) is 4.80. The predicted octanol–water partition coefficient (Wildman–Crippen LogP) is 1.64. The van der Waals surface area contributed by atoms with Crippen LogP contribution in [0.25, 0.3) is 0 Å². The molecule has 0 unspecified atom stereocenters. The van der Waals surface area contributed by atoms with E-state index < -0.39 is 22.0 Å². The van der Waals surface area contributed by atoms with E-state index in [0.29, 0.717) is 0 Å². The van der Waals surface area contributed by atoms with E-state index >= 15 is 0 Å². The highest BCUT2D eigenvalue weighted by molar-refractivity contribution is 7.89. The highest BCUT2D eigenvalue weighted by atomic mass is 32.2. The average molecular weight is 362 g/mol. The van der Waals surface area contributed by atoms with E-state index in [0.717, 1.165) is 11.1 Å². The Morgan fingerprint density at radius 3 is 2.44 bits per heavy atom. The molecule has 0 radical (unpaired) electrons. The summed E-state index contributed by atoms with van der Waals surface area (Å²) < 4.78 is 33.3. The zero-order valence-electron chi connectivity index (χ0n) is 14.4. The van der Waals surface area contributed by atoms with E-state index in [1.54, 1.807) is 19.1 Å². The van der Waals surface area contributed by atoms with E-state index in [1.807, 2.05) is 30.3 Å². The largest absolute Gasteiger partial charge is 0.495 e. The van der Waals surface area contributed by atoms with Crippen molar-refractivity contribution in [2.24, 2.45) is 0 Å². The Bertz CT molecular complexity index is 835. The molecule has 0 spiro atoms. The maximum atomic E-state index is 12.8. The fraction of sp³-hybridized carbons (Fsp3) is 0.278. The van der Waals surface area contributed by atoms with Gasteiger partial charge in [0.2, 0.25) is 15.9 Å². The minimum absolute atomic E-state index is 0.0111. The van der Waals surface area contributed by atoms with Crippen LogP contribution < -0.4 is 14.8 Å². The summed E-state index contributed by atoms with van der Waals surface area (Å²) in [6.07, 6.45) is 0.244. The molecular weight excluding hydrogens is 340 g/mol. The number of carbonyl (C=O) groups excluding carboxylic acids is 1. The van der Waals surface area contributed by atoms with Gasteiger partial charge in [0.05, 0.1) is 7.11 Å². The van der Waals surface area contributed by atoms with Gasteiger partial charge in [-0.3, -0.25) is 4.79 Å². The van der Waals surface area contributed by atoms with Gasteiger partial charge in [-0.2, -0.15) is 4.72 Å². The second kappa shape index (κ2) is 8.13. The van der Waals surface area contributed by atoms with Gasteiger partial charge in [-0.1, -0.05) is 36.4 Å². The average Bonchev–Trinajstić information content (AvgIpc) is 2.61. The lowest BCUT2D eigenvalue weighted by Crippen LogP contribution is -2.47. The van der Waals surface area contributed by atoms with E-state index in [1.165, 1.54) is 20.2 Å². The number of methoxy groups -OCH3 is 1. The maximum absolute atomic E-state index is 12.8. The Hall–Kier alpha value is -2.38. The highest BCUT2D eigenvalue weighted by Crippen LogP contribution is 2.25. The molecule has 0 heterocycles. The second-order valence-electron chi connectivity index (χ2n) is 5.63. The van der Waals surface area contributed by atoms with Crippen molar-refractivity contribution >= 4 is 15.9 Å². The van der Waals surface area contributed by atoms with E-state index in [2.05, 4.69) is 10.0 Å². The van der Waals surface area contributed by atoms with Gasteiger partial charge < -0.3 is 10.1 Å². The van der Waals surface area contributed by atoms with Crippen LogP contribution >= 0.6 is 0 Å². The monoisotopic (exact) mass is 362 g/mol. The molecule has 134 valence electrons. The molecule has 0 bridgehead atoms. The molecule has 0 aliphatic heterocycles. The minimum atomic E-state index is -3.94. The molecule has 1 atom stereocenters. The number of rotatable bonds is 7. The number of ether oxygens (including phenoxy) is 1. The number of hydrogen-bond donors (Lipinski definition) is 2. The van der Waals surface area contributed by atoms with Crippen LogP contribution in [0.1, 0.15) is 11.1 Å². The summed E-state index contributed by atoms with van der Waals surface area (Å²) in [4.78, 5) is 12.2. The topological polar surface area (TPSA) is 84.5 Å². The normalized spacial score (nSPS) is 12.4. The molecule has 0 aliphatic rings. The summed E-state index contributed by atoms with van der Waals surface area (Å²) in [6.45, 7) is 1.79. The summed E-state index contributed by atoms with van der Waals surface area (Å²) in [5.41, 5.74) is 1.63. The van der Waals surface area contributed by atoms with Gasteiger partial charge >= 0.3 is 0 Å². The summed E-state index contributed by atoms with van der Waals surface area (Å²) in [5, 5.41) is 2.50. The van der Waals surface area contributed by atoms with Crippen LogP contribution in [0, 0.1) is 6.92 Å². The van der Waals surface area contributed by atoms with Gasteiger partial charge in [0.15, 0.2) is 0 Å². The molecule has 0 saturated carbocycles. The number of nitrogens with one attached hydrogen (secondary N) is 2. The van der Waals surface area contributed by atoms with Crippen molar-refractivity contribution in [2.45, 2.75) is 24.3 Å². The van der Waals surface area contributed by atoms with Crippen molar-refractivity contribution in [3.8, 4) is 5.75 Å². The number of carbonyl (C=O) groups is 1. The molecule has 2 aromatic rings. The van der Waals surface area contributed by atoms with Gasteiger partial charge in [-0.15, -0.1) is 0 Å². The first-order valence-corrected chi connectivity index (χ1v) is 9.28. The first kappa shape index (κ1) is 19.0. The number of benzene rings is 2. The fourth-order valence-electron chi connectivity index (χ4n) is 2.46. The lowest BCUT2D eigenvalue weighted by Gasteiger charge is -2.19. The molecular formula is C18H22N2O4S. The predicted molar refractivity (Wildman–Crippen MR) is 96.1 cm³/mol. The van der Waals surface area contributed by atoms with Crippen LogP contribution in [-0.2, 0) is 21.2 Å². The molecule has 2 aromatic carbocycles. The van der Waals surface area contributed by atoms with Crippen LogP contribution in [0.3, 0.4) is 0 Å². The Morgan fingerprint density at radius 1 is 1.16 bits per heavy atom. The van der Waals surface area contributed by atoms with Crippen molar-refractivity contribution in [1.82, 2.24) is 10.0 Å². The Balaban J connectivity index is 2.34. The summed E-state index contributed by atoms with van der Waals surface area (Å²) in [7, 11) is -1.06. The highest BCUT2D eigenvalue weighted by Gasteiger charge is 2.27. The zero-order valence-corrected chi connectivity index (χ0v) is 15.3. The first-order chi connectivity index (χ1) is 11.9. The van der Waals surface area contributed by atoms with Gasteiger partial charge in [-0.25, -0.2) is 8.42 Å². The third-order valence-electron chi connectivity index (χ3n) is 3.75. The second-order valence-corrected chi connectivity index (χ2v) is 7.31. The maximum Gasteiger partial charge on any atom is 0.244 e. The standard InChI is InChI=1S/C18H22N2O4S/c1-13-9-10-16(24-3)17(11-13)25(22,23)20-15(18(21)19-2)12-14-7-5-4-6-8-14/h4-11,15,20H,12H2,1-3H3,(H,19,21)/t15-/m0/s1. The summed E-state index contributed by atoms with van der Waals surface area (Å²) in [5.74, 6) is -0.174. The lowest BCUT2D eigenvalue weighted by atomic mass is 10.1. The molecule has 0 fully saturated rings. The van der Waals surface area contributed by atoms with Gasteiger partial charge in [0.1, 0.15) is 16.7 Å². The number of hydrogen-bond acceptors (Lipinski definition) is 4. The lowest BCUT2D eigenvalue weighted by molar-refractivity contribution is -0.122. The van der Waals surface area contributed by atoms with Crippen molar-refractivity contribution in [1.29, 1.82) is 0 Å². The molecule has 0 saturated heterocycles. The molecule has 2 N–H and O–H groups in total. The smallest absolute Gasteiger partial charge is 0.244 e. The molecule has 25 heavy (non-hydrogen) atoms. The molecule has 0 aromatic heterocycles. The van der Waals surface area contributed by atoms with Crippen LogP contribution in [0.2, 0.25) is 0 Å². The van der Waals surface area contributed by atoms with E-state index in [9.17, 15) is 13.2 Å². The summed E-state index contributed by atoms with van der Waals surface area (Å²) in [6, 6.07) is 13.2. The zero-order chi connectivity index (χ0) is 18.4. The molecule has 7 heteroatoms. The Kier molecular flexibility index (Phi) is 6.17. The number of aryl methyl sites for hydroxylation is 1. The van der Waals surface area contributed by atoms with Crippen LogP contribution in [0.15, 0.2) is 53.4 Å². The third-order valence-corrected chi connectivity index (χ3v) is 5.24. The number of amides is 1. The van der Waals surface area contributed by atoms with Crippen molar-refractivity contribution in [3.05, 3.63) is 59.7 Å². The first-order valence-electron chi connectivity index (χ1n) is 7.80. The van der Waals surface area contributed by atoms with E-state index in [-0.39, 0.29) is 17.1 Å². The van der Waals surface area contributed by atoms with Crippen LogP contribution in [0.5, 0.6) is 5.75 Å². The minimum Gasteiger partial charge on any atom is -0.495 e. The van der Waals surface area contributed by atoms with E-state index in [4.69, 9.17) is 4.74 Å². The quantitative estimate of drug-likeness (QED) is 0.784. The molecule has 2 rings (SSSR count). The number of likely N-dealkylation sites (N-methyl/N-ethyl adjacent to an activating group) is 1. The van der Waals surface area contributed by atoms with Crippen molar-refractivity contribution < 1.29 is 17.9 Å². The number of sulfonamides is 1.